The molecule has 8 heteroatoms. The first kappa shape index (κ1) is 11.7. The number of carbonyl (C=O) groups is 1. The minimum absolute atomic E-state index is 0.179. The Morgan fingerprint density at radius 3 is 2.75 bits per heavy atom. The number of aliphatic carboxylic acids is 1. The van der Waals surface area contributed by atoms with Crippen molar-refractivity contribution < 1.29 is 14.8 Å². The molecule has 1 heterocycles. The topological polar surface area (TPSA) is 131 Å². The summed E-state index contributed by atoms with van der Waals surface area (Å²) in [4.78, 5) is 24.0. The number of nitro groups is 1. The zero-order chi connectivity index (χ0) is 12.3. The number of hydrogen-bond donors (Lipinski definition) is 3. The maximum atomic E-state index is 10.5. The van der Waals surface area contributed by atoms with Crippen molar-refractivity contribution in [2.75, 3.05) is 11.1 Å². The average Bonchev–Trinajstić information content (AvgIpc) is 2.16. The monoisotopic (exact) mass is 226 g/mol. The summed E-state index contributed by atoms with van der Waals surface area (Å²) in [5, 5.41) is 21.6. The van der Waals surface area contributed by atoms with Gasteiger partial charge in [-0.2, -0.15) is 0 Å². The van der Waals surface area contributed by atoms with Crippen molar-refractivity contribution in [3.05, 3.63) is 22.2 Å². The van der Waals surface area contributed by atoms with E-state index in [0.29, 0.717) is 0 Å². The third kappa shape index (κ3) is 2.56. The van der Waals surface area contributed by atoms with Crippen LogP contribution in [0.3, 0.4) is 0 Å². The van der Waals surface area contributed by atoms with Gasteiger partial charge >= 0.3 is 11.7 Å². The molecule has 0 aliphatic carbocycles. The molecule has 86 valence electrons. The Labute approximate surface area is 90.2 Å². The second-order valence-electron chi connectivity index (χ2n) is 3.06. The molecule has 0 aliphatic rings. The molecule has 0 amide bonds. The van der Waals surface area contributed by atoms with Gasteiger partial charge in [-0.25, -0.2) is 4.98 Å². The van der Waals surface area contributed by atoms with Crippen LogP contribution in [0.5, 0.6) is 0 Å². The molecule has 0 radical (unpaired) electrons. The van der Waals surface area contributed by atoms with Crippen LogP contribution in [0.4, 0.5) is 17.3 Å². The summed E-state index contributed by atoms with van der Waals surface area (Å²) >= 11 is 0. The molecule has 1 aromatic heterocycles. The molecule has 0 aliphatic heterocycles. The highest BCUT2D eigenvalue weighted by Gasteiger charge is 2.15. The van der Waals surface area contributed by atoms with Crippen molar-refractivity contribution in [1.82, 2.24) is 4.98 Å². The number of aromatic nitrogens is 1. The van der Waals surface area contributed by atoms with E-state index < -0.39 is 16.9 Å². The number of carboxylic acid groups (broad SMARTS) is 1. The SMILES string of the molecule is CC(Nc1ccc([N+](=O)[O-])c(N)n1)C(=O)O. The normalized spacial score (nSPS) is 11.8. The first-order valence-corrected chi connectivity index (χ1v) is 4.32. The lowest BCUT2D eigenvalue weighted by Crippen LogP contribution is -2.26. The first-order chi connectivity index (χ1) is 7.41. The largest absolute Gasteiger partial charge is 0.480 e. The van der Waals surface area contributed by atoms with Gasteiger partial charge in [-0.1, -0.05) is 0 Å². The quantitative estimate of drug-likeness (QED) is 0.501. The van der Waals surface area contributed by atoms with E-state index in [2.05, 4.69) is 10.3 Å². The molecule has 0 aromatic carbocycles. The minimum Gasteiger partial charge on any atom is -0.480 e. The van der Waals surface area contributed by atoms with E-state index in [1.807, 2.05) is 0 Å². The summed E-state index contributed by atoms with van der Waals surface area (Å²) in [6.45, 7) is 1.42. The van der Waals surface area contributed by atoms with Crippen molar-refractivity contribution >= 4 is 23.3 Å². The lowest BCUT2D eigenvalue weighted by molar-refractivity contribution is -0.384. The number of pyridine rings is 1. The summed E-state index contributed by atoms with van der Waals surface area (Å²) in [5.41, 5.74) is 5.02. The Morgan fingerprint density at radius 1 is 1.69 bits per heavy atom. The zero-order valence-electron chi connectivity index (χ0n) is 8.38. The molecule has 0 fully saturated rings. The highest BCUT2D eigenvalue weighted by Crippen LogP contribution is 2.20. The molecule has 8 nitrogen and oxygen atoms in total. The molecular weight excluding hydrogens is 216 g/mol. The van der Waals surface area contributed by atoms with E-state index in [9.17, 15) is 14.9 Å². The van der Waals surface area contributed by atoms with E-state index in [0.717, 1.165) is 0 Å². The smallest absolute Gasteiger partial charge is 0.325 e. The fourth-order valence-electron chi connectivity index (χ4n) is 0.986. The van der Waals surface area contributed by atoms with Gasteiger partial charge in [0.2, 0.25) is 5.82 Å². The Hall–Kier alpha value is -2.38. The van der Waals surface area contributed by atoms with Crippen molar-refractivity contribution in [2.45, 2.75) is 13.0 Å². The highest BCUT2D eigenvalue weighted by atomic mass is 16.6. The van der Waals surface area contributed by atoms with Crippen LogP contribution >= 0.6 is 0 Å². The summed E-state index contributed by atoms with van der Waals surface area (Å²) in [6, 6.07) is 1.61. The van der Waals surface area contributed by atoms with Crippen molar-refractivity contribution in [1.29, 1.82) is 0 Å². The standard InChI is InChI=1S/C8H10N4O4/c1-4(8(13)14)10-6-3-2-5(12(15)16)7(9)11-6/h2-4H,1H3,(H,13,14)(H3,9,10,11). The van der Waals surface area contributed by atoms with Gasteiger partial charge in [-0.05, 0) is 13.0 Å². The molecular formula is C8H10N4O4. The summed E-state index contributed by atoms with van der Waals surface area (Å²) in [5.74, 6) is -1.13. The van der Waals surface area contributed by atoms with Gasteiger partial charge in [0.25, 0.3) is 0 Å². The second-order valence-corrected chi connectivity index (χ2v) is 3.06. The molecule has 0 saturated carbocycles. The van der Waals surface area contributed by atoms with E-state index in [1.165, 1.54) is 19.1 Å². The number of rotatable bonds is 4. The molecule has 0 saturated heterocycles. The average molecular weight is 226 g/mol. The molecule has 4 N–H and O–H groups in total. The second kappa shape index (κ2) is 4.43. The predicted molar refractivity (Wildman–Crippen MR) is 56.0 cm³/mol. The van der Waals surface area contributed by atoms with Crippen LogP contribution in [0.15, 0.2) is 12.1 Å². The molecule has 16 heavy (non-hydrogen) atoms. The Balaban J connectivity index is 2.89. The van der Waals surface area contributed by atoms with Crippen LogP contribution in [0.2, 0.25) is 0 Å². The maximum absolute atomic E-state index is 10.5. The zero-order valence-corrected chi connectivity index (χ0v) is 8.38. The summed E-state index contributed by atoms with van der Waals surface area (Å²) in [6.07, 6.45) is 0. The highest BCUT2D eigenvalue weighted by molar-refractivity contribution is 5.76. The van der Waals surface area contributed by atoms with Crippen LogP contribution < -0.4 is 11.1 Å². The number of nitrogens with one attached hydrogen (secondary N) is 1. The molecule has 1 unspecified atom stereocenters. The number of nitrogens with two attached hydrogens (primary N) is 1. The lowest BCUT2D eigenvalue weighted by Gasteiger charge is -2.09. The number of anilines is 2. The predicted octanol–water partition coefficient (Wildman–Crippen LogP) is 0.457. The van der Waals surface area contributed by atoms with Crippen molar-refractivity contribution in [3.8, 4) is 0 Å². The number of hydrogen-bond acceptors (Lipinski definition) is 6. The number of nitrogen functional groups attached to an aromatic ring is 1. The van der Waals surface area contributed by atoms with Gasteiger partial charge in [0, 0.05) is 6.07 Å². The van der Waals surface area contributed by atoms with E-state index in [1.54, 1.807) is 0 Å². The van der Waals surface area contributed by atoms with Gasteiger partial charge in [-0.15, -0.1) is 0 Å². The van der Waals surface area contributed by atoms with Crippen molar-refractivity contribution in [2.24, 2.45) is 0 Å². The Morgan fingerprint density at radius 2 is 2.31 bits per heavy atom. The van der Waals surface area contributed by atoms with E-state index in [-0.39, 0.29) is 17.3 Å². The van der Waals surface area contributed by atoms with Crippen LogP contribution in [-0.2, 0) is 4.79 Å². The van der Waals surface area contributed by atoms with Crippen LogP contribution in [0.1, 0.15) is 6.92 Å². The van der Waals surface area contributed by atoms with Gasteiger partial charge in [0.15, 0.2) is 0 Å². The molecule has 0 bridgehead atoms. The molecule has 1 rings (SSSR count). The van der Waals surface area contributed by atoms with Gasteiger partial charge in [-0.3, -0.25) is 14.9 Å². The van der Waals surface area contributed by atoms with E-state index >= 15 is 0 Å². The van der Waals surface area contributed by atoms with Crippen molar-refractivity contribution in [3.63, 3.8) is 0 Å². The summed E-state index contributed by atoms with van der Waals surface area (Å²) in [7, 11) is 0. The van der Waals surface area contributed by atoms with Gasteiger partial charge < -0.3 is 16.2 Å². The van der Waals surface area contributed by atoms with Gasteiger partial charge in [0.05, 0.1) is 4.92 Å². The molecule has 1 aromatic rings. The molecule has 1 atom stereocenters. The fourth-order valence-corrected chi connectivity index (χ4v) is 0.986. The molecule has 0 spiro atoms. The maximum Gasteiger partial charge on any atom is 0.325 e. The Bertz CT molecular complexity index is 434. The Kier molecular flexibility index (Phi) is 3.24. The van der Waals surface area contributed by atoms with Crippen LogP contribution in [0.25, 0.3) is 0 Å². The number of carboxylic acids is 1. The van der Waals surface area contributed by atoms with Crippen LogP contribution in [-0.4, -0.2) is 27.0 Å². The lowest BCUT2D eigenvalue weighted by atomic mass is 10.3. The minimum atomic E-state index is -1.06. The van der Waals surface area contributed by atoms with Crippen LogP contribution in [0, 0.1) is 10.1 Å². The number of nitrogens with zero attached hydrogens (tertiary/aromatic N) is 2. The third-order valence-electron chi connectivity index (χ3n) is 1.83. The third-order valence-corrected chi connectivity index (χ3v) is 1.83. The van der Waals surface area contributed by atoms with E-state index in [4.69, 9.17) is 10.8 Å². The van der Waals surface area contributed by atoms with Gasteiger partial charge in [0.1, 0.15) is 11.9 Å². The first-order valence-electron chi connectivity index (χ1n) is 4.32. The summed E-state index contributed by atoms with van der Waals surface area (Å²) < 4.78 is 0. The fraction of sp³-hybridized carbons (Fsp3) is 0.250.